The predicted octanol–water partition coefficient (Wildman–Crippen LogP) is 2.35. The fraction of sp³-hybridized carbons (Fsp3) is 0.579. The normalized spacial score (nSPS) is 13.0. The standard InChI is InChI=1S/C19H29NO5/c1-5-24-18(21)11-12-20-16(14(3)19(22)25-6-2)13-15-9-7-8-10-17(15)23-4/h7-10,14,16,20H,5-6,11-13H2,1-4H3. The summed E-state index contributed by atoms with van der Waals surface area (Å²) >= 11 is 0. The Morgan fingerprint density at radius 3 is 2.44 bits per heavy atom. The van der Waals surface area contributed by atoms with E-state index in [-0.39, 0.29) is 30.3 Å². The first-order valence-corrected chi connectivity index (χ1v) is 8.70. The molecule has 0 bridgehead atoms. The highest BCUT2D eigenvalue weighted by molar-refractivity contribution is 5.73. The molecule has 0 saturated heterocycles. The van der Waals surface area contributed by atoms with Crippen LogP contribution in [0.25, 0.3) is 0 Å². The zero-order valence-corrected chi connectivity index (χ0v) is 15.5. The maximum absolute atomic E-state index is 12.1. The van der Waals surface area contributed by atoms with Crippen LogP contribution < -0.4 is 10.1 Å². The number of rotatable bonds is 11. The molecule has 0 amide bonds. The average molecular weight is 351 g/mol. The van der Waals surface area contributed by atoms with Crippen molar-refractivity contribution in [2.45, 2.75) is 39.7 Å². The molecule has 2 unspecified atom stereocenters. The predicted molar refractivity (Wildman–Crippen MR) is 95.5 cm³/mol. The van der Waals surface area contributed by atoms with Crippen LogP contribution in [0.4, 0.5) is 0 Å². The van der Waals surface area contributed by atoms with Crippen LogP contribution in [-0.4, -0.2) is 44.8 Å². The minimum atomic E-state index is -0.355. The second-order valence-electron chi connectivity index (χ2n) is 5.67. The van der Waals surface area contributed by atoms with Crippen molar-refractivity contribution in [1.29, 1.82) is 0 Å². The van der Waals surface area contributed by atoms with Gasteiger partial charge in [0.15, 0.2) is 0 Å². The first-order chi connectivity index (χ1) is 12.0. The highest BCUT2D eigenvalue weighted by atomic mass is 16.5. The number of methoxy groups -OCH3 is 1. The molecule has 140 valence electrons. The van der Waals surface area contributed by atoms with Crippen LogP contribution in [0.5, 0.6) is 5.75 Å². The minimum absolute atomic E-state index is 0.176. The average Bonchev–Trinajstić information content (AvgIpc) is 2.61. The van der Waals surface area contributed by atoms with Gasteiger partial charge in [0.05, 0.1) is 32.7 Å². The van der Waals surface area contributed by atoms with Gasteiger partial charge in [-0.15, -0.1) is 0 Å². The lowest BCUT2D eigenvalue weighted by atomic mass is 9.94. The maximum atomic E-state index is 12.1. The topological polar surface area (TPSA) is 73.9 Å². The van der Waals surface area contributed by atoms with Crippen molar-refractivity contribution in [2.24, 2.45) is 5.92 Å². The number of hydrogen-bond acceptors (Lipinski definition) is 6. The van der Waals surface area contributed by atoms with Gasteiger partial charge in [0.2, 0.25) is 0 Å². The van der Waals surface area contributed by atoms with Crippen molar-refractivity contribution in [3.8, 4) is 5.75 Å². The number of ether oxygens (including phenoxy) is 3. The van der Waals surface area contributed by atoms with E-state index in [1.54, 1.807) is 21.0 Å². The molecule has 0 aliphatic heterocycles. The summed E-state index contributed by atoms with van der Waals surface area (Å²) in [6.45, 7) is 6.53. The van der Waals surface area contributed by atoms with Crippen LogP contribution in [0.15, 0.2) is 24.3 Å². The Kier molecular flexibility index (Phi) is 9.62. The number of carbonyl (C=O) groups excluding carboxylic acids is 2. The number of para-hydroxylation sites is 1. The molecular weight excluding hydrogens is 322 g/mol. The van der Waals surface area contributed by atoms with E-state index in [1.165, 1.54) is 0 Å². The summed E-state index contributed by atoms with van der Waals surface area (Å²) in [5, 5.41) is 3.29. The van der Waals surface area contributed by atoms with Gasteiger partial charge in [-0.2, -0.15) is 0 Å². The molecule has 1 rings (SSSR count). The van der Waals surface area contributed by atoms with E-state index in [2.05, 4.69) is 5.32 Å². The van der Waals surface area contributed by atoms with Crippen molar-refractivity contribution in [3.63, 3.8) is 0 Å². The van der Waals surface area contributed by atoms with Gasteiger partial charge < -0.3 is 19.5 Å². The van der Waals surface area contributed by atoms with Crippen molar-refractivity contribution >= 4 is 11.9 Å². The van der Waals surface area contributed by atoms with Gasteiger partial charge in [-0.3, -0.25) is 9.59 Å². The molecule has 0 heterocycles. The molecule has 1 N–H and O–H groups in total. The number of nitrogens with one attached hydrogen (secondary N) is 1. The van der Waals surface area contributed by atoms with Gasteiger partial charge in [-0.25, -0.2) is 0 Å². The highest BCUT2D eigenvalue weighted by Gasteiger charge is 2.26. The van der Waals surface area contributed by atoms with Crippen LogP contribution in [0.2, 0.25) is 0 Å². The molecule has 1 aromatic rings. The monoisotopic (exact) mass is 351 g/mol. The molecule has 2 atom stereocenters. The van der Waals surface area contributed by atoms with E-state index in [0.717, 1.165) is 11.3 Å². The Morgan fingerprint density at radius 2 is 1.80 bits per heavy atom. The Bertz CT molecular complexity index is 546. The number of carbonyl (C=O) groups is 2. The highest BCUT2D eigenvalue weighted by Crippen LogP contribution is 2.21. The molecular formula is C19H29NO5. The number of esters is 2. The van der Waals surface area contributed by atoms with Gasteiger partial charge in [0.25, 0.3) is 0 Å². The quantitative estimate of drug-likeness (QED) is 0.617. The minimum Gasteiger partial charge on any atom is -0.496 e. The first-order valence-electron chi connectivity index (χ1n) is 8.70. The second kappa shape index (κ2) is 11.5. The van der Waals surface area contributed by atoms with Gasteiger partial charge in [0, 0.05) is 12.6 Å². The van der Waals surface area contributed by atoms with E-state index in [4.69, 9.17) is 14.2 Å². The molecule has 6 heteroatoms. The summed E-state index contributed by atoms with van der Waals surface area (Å²) in [6.07, 6.45) is 0.846. The van der Waals surface area contributed by atoms with Crippen LogP contribution in [0, 0.1) is 5.92 Å². The SMILES string of the molecule is CCOC(=O)CCNC(Cc1ccccc1OC)C(C)C(=O)OCC. The molecule has 0 fully saturated rings. The zero-order valence-electron chi connectivity index (χ0n) is 15.5. The molecule has 6 nitrogen and oxygen atoms in total. The van der Waals surface area contributed by atoms with E-state index >= 15 is 0 Å². The van der Waals surface area contributed by atoms with Crippen molar-refractivity contribution in [3.05, 3.63) is 29.8 Å². The lowest BCUT2D eigenvalue weighted by Crippen LogP contribution is -2.42. The van der Waals surface area contributed by atoms with Gasteiger partial charge in [-0.05, 0) is 31.9 Å². The van der Waals surface area contributed by atoms with E-state index in [9.17, 15) is 9.59 Å². The summed E-state index contributed by atoms with van der Waals surface area (Å²) in [4.78, 5) is 23.7. The van der Waals surface area contributed by atoms with Crippen molar-refractivity contribution in [1.82, 2.24) is 5.32 Å². The summed E-state index contributed by atoms with van der Waals surface area (Å²) < 4.78 is 15.5. The van der Waals surface area contributed by atoms with Crippen LogP contribution in [-0.2, 0) is 25.5 Å². The molecule has 0 aliphatic carbocycles. The summed E-state index contributed by atoms with van der Waals surface area (Å²) in [6, 6.07) is 7.52. The van der Waals surface area contributed by atoms with Gasteiger partial charge in [-0.1, -0.05) is 25.1 Å². The Hall–Kier alpha value is -2.08. The second-order valence-corrected chi connectivity index (χ2v) is 5.67. The lowest BCUT2D eigenvalue weighted by molar-refractivity contribution is -0.148. The summed E-state index contributed by atoms with van der Waals surface area (Å²) in [7, 11) is 1.62. The Labute approximate surface area is 149 Å². The number of benzene rings is 1. The fourth-order valence-electron chi connectivity index (χ4n) is 2.57. The molecule has 25 heavy (non-hydrogen) atoms. The van der Waals surface area contributed by atoms with Gasteiger partial charge >= 0.3 is 11.9 Å². The van der Waals surface area contributed by atoms with Crippen molar-refractivity contribution in [2.75, 3.05) is 26.9 Å². The fourth-order valence-corrected chi connectivity index (χ4v) is 2.57. The number of hydrogen-bond donors (Lipinski definition) is 1. The molecule has 0 aliphatic rings. The van der Waals surface area contributed by atoms with Crippen LogP contribution in [0.1, 0.15) is 32.8 Å². The molecule has 1 aromatic carbocycles. The summed E-state index contributed by atoms with van der Waals surface area (Å²) in [5.74, 6) is -0.0938. The Balaban J connectivity index is 2.79. The van der Waals surface area contributed by atoms with Crippen molar-refractivity contribution < 1.29 is 23.8 Å². The molecule has 0 aromatic heterocycles. The van der Waals surface area contributed by atoms with E-state index in [1.807, 2.05) is 31.2 Å². The third-order valence-electron chi connectivity index (χ3n) is 3.94. The van der Waals surface area contributed by atoms with E-state index < -0.39 is 0 Å². The summed E-state index contributed by atoms with van der Waals surface area (Å²) in [5.41, 5.74) is 0.995. The smallest absolute Gasteiger partial charge is 0.310 e. The lowest BCUT2D eigenvalue weighted by Gasteiger charge is -2.24. The third-order valence-corrected chi connectivity index (χ3v) is 3.94. The van der Waals surface area contributed by atoms with Gasteiger partial charge in [0.1, 0.15) is 5.75 Å². The van der Waals surface area contributed by atoms with Crippen LogP contribution >= 0.6 is 0 Å². The first kappa shape index (κ1) is 21.0. The molecule has 0 spiro atoms. The largest absolute Gasteiger partial charge is 0.496 e. The Morgan fingerprint density at radius 1 is 1.12 bits per heavy atom. The maximum Gasteiger partial charge on any atom is 0.310 e. The molecule has 0 saturated carbocycles. The molecule has 0 radical (unpaired) electrons. The zero-order chi connectivity index (χ0) is 18.7. The van der Waals surface area contributed by atoms with E-state index in [0.29, 0.717) is 26.2 Å². The van der Waals surface area contributed by atoms with Crippen LogP contribution in [0.3, 0.4) is 0 Å². The third kappa shape index (κ3) is 7.13.